The van der Waals surface area contributed by atoms with Crippen LogP contribution in [0.5, 0.6) is 0 Å². The molecule has 4 nitrogen and oxygen atoms in total. The zero-order valence-corrected chi connectivity index (χ0v) is 10.0. The van der Waals surface area contributed by atoms with Crippen LogP contribution in [0.15, 0.2) is 0 Å². The first kappa shape index (κ1) is 13.2. The third-order valence-electron chi connectivity index (χ3n) is 2.07. The predicted octanol–water partition coefficient (Wildman–Crippen LogP) is 1.59. The summed E-state index contributed by atoms with van der Waals surface area (Å²) < 4.78 is 5.22. The maximum absolute atomic E-state index is 11.6. The van der Waals surface area contributed by atoms with E-state index in [9.17, 15) is 4.79 Å². The Morgan fingerprint density at radius 3 is 2.00 bits per heavy atom. The van der Waals surface area contributed by atoms with E-state index in [2.05, 4.69) is 0 Å². The van der Waals surface area contributed by atoms with Crippen molar-refractivity contribution in [3.8, 4) is 0 Å². The lowest BCUT2D eigenvalue weighted by molar-refractivity contribution is 0.0125. The molecule has 0 heterocycles. The monoisotopic (exact) mass is 202 g/mol. The van der Waals surface area contributed by atoms with Crippen LogP contribution in [0.3, 0.4) is 0 Å². The topological polar surface area (TPSA) is 55.6 Å². The van der Waals surface area contributed by atoms with Gasteiger partial charge in [-0.05, 0) is 34.6 Å². The summed E-state index contributed by atoms with van der Waals surface area (Å²) in [5.74, 6) is 0. The molecule has 0 spiro atoms. The molecule has 0 atom stereocenters. The van der Waals surface area contributed by atoms with E-state index in [1.54, 1.807) is 7.05 Å². The fraction of sp³-hybridized carbons (Fsp3) is 0.900. The number of carbonyl (C=O) groups is 1. The summed E-state index contributed by atoms with van der Waals surface area (Å²) >= 11 is 0. The smallest absolute Gasteiger partial charge is 0.410 e. The fourth-order valence-corrected chi connectivity index (χ4v) is 0.714. The molecular weight excluding hydrogens is 180 g/mol. The second kappa shape index (κ2) is 4.17. The van der Waals surface area contributed by atoms with Gasteiger partial charge in [-0.3, -0.25) is 0 Å². The number of hydrogen-bond acceptors (Lipinski definition) is 3. The number of amides is 1. The summed E-state index contributed by atoms with van der Waals surface area (Å²) in [6.07, 6.45) is -0.340. The molecule has 0 unspecified atom stereocenters. The minimum atomic E-state index is -0.462. The molecule has 4 heteroatoms. The van der Waals surface area contributed by atoms with E-state index in [0.29, 0.717) is 6.54 Å². The van der Waals surface area contributed by atoms with Gasteiger partial charge in [-0.1, -0.05) is 0 Å². The molecule has 0 bridgehead atoms. The average molecular weight is 202 g/mol. The zero-order valence-electron chi connectivity index (χ0n) is 10.0. The molecule has 0 aliphatic rings. The van der Waals surface area contributed by atoms with E-state index >= 15 is 0 Å². The molecule has 0 radical (unpaired) electrons. The Balaban J connectivity index is 4.41. The van der Waals surface area contributed by atoms with Crippen molar-refractivity contribution in [3.05, 3.63) is 0 Å². The van der Waals surface area contributed by atoms with Gasteiger partial charge >= 0.3 is 6.09 Å². The number of likely N-dealkylation sites (N-methyl/N-ethyl adjacent to an activating group) is 1. The van der Waals surface area contributed by atoms with E-state index in [-0.39, 0.29) is 11.6 Å². The number of nitrogens with zero attached hydrogens (tertiary/aromatic N) is 1. The van der Waals surface area contributed by atoms with Crippen LogP contribution >= 0.6 is 0 Å². The lowest BCUT2D eigenvalue weighted by atomic mass is 10.1. The normalized spacial score (nSPS) is 12.5. The Kier molecular flexibility index (Phi) is 3.94. The van der Waals surface area contributed by atoms with Gasteiger partial charge < -0.3 is 15.4 Å². The third kappa shape index (κ3) is 3.96. The van der Waals surface area contributed by atoms with E-state index in [0.717, 1.165) is 0 Å². The summed E-state index contributed by atoms with van der Waals surface area (Å²) in [6, 6.07) is 0. The Morgan fingerprint density at radius 1 is 1.29 bits per heavy atom. The van der Waals surface area contributed by atoms with E-state index < -0.39 is 5.60 Å². The second-order valence-corrected chi connectivity index (χ2v) is 5.06. The molecule has 0 saturated heterocycles. The molecule has 0 aliphatic heterocycles. The van der Waals surface area contributed by atoms with Crippen molar-refractivity contribution in [1.82, 2.24) is 4.90 Å². The van der Waals surface area contributed by atoms with Gasteiger partial charge in [-0.2, -0.15) is 0 Å². The lowest BCUT2D eigenvalue weighted by Gasteiger charge is -2.35. The van der Waals surface area contributed by atoms with Crippen LogP contribution in [0, 0.1) is 0 Å². The molecule has 0 aromatic rings. The first-order valence-corrected chi connectivity index (χ1v) is 4.77. The van der Waals surface area contributed by atoms with Gasteiger partial charge in [-0.25, -0.2) is 4.79 Å². The average Bonchev–Trinajstić information content (AvgIpc) is 2.00. The molecule has 1 amide bonds. The Labute approximate surface area is 86.4 Å². The number of nitrogens with two attached hydrogens (primary N) is 1. The van der Waals surface area contributed by atoms with Crippen molar-refractivity contribution in [2.24, 2.45) is 5.73 Å². The molecule has 0 fully saturated rings. The van der Waals surface area contributed by atoms with Gasteiger partial charge in [0.1, 0.15) is 5.60 Å². The van der Waals surface area contributed by atoms with Gasteiger partial charge in [0, 0.05) is 13.6 Å². The van der Waals surface area contributed by atoms with Crippen LogP contribution in [0.4, 0.5) is 4.79 Å². The van der Waals surface area contributed by atoms with E-state index in [1.807, 2.05) is 34.6 Å². The van der Waals surface area contributed by atoms with Crippen molar-refractivity contribution in [3.63, 3.8) is 0 Å². The van der Waals surface area contributed by atoms with Crippen molar-refractivity contribution >= 4 is 6.09 Å². The highest BCUT2D eigenvalue weighted by molar-refractivity contribution is 5.68. The highest BCUT2D eigenvalue weighted by Crippen LogP contribution is 2.15. The van der Waals surface area contributed by atoms with Crippen LogP contribution in [-0.4, -0.2) is 35.7 Å². The van der Waals surface area contributed by atoms with Crippen LogP contribution < -0.4 is 5.73 Å². The minimum absolute atomic E-state index is 0.340. The third-order valence-corrected chi connectivity index (χ3v) is 2.07. The molecule has 0 rings (SSSR count). The molecule has 0 aliphatic carbocycles. The van der Waals surface area contributed by atoms with Crippen molar-refractivity contribution in [1.29, 1.82) is 0 Å². The minimum Gasteiger partial charge on any atom is -0.444 e. The zero-order chi connectivity index (χ0) is 11.6. The maximum atomic E-state index is 11.6. The van der Waals surface area contributed by atoms with Crippen molar-refractivity contribution < 1.29 is 9.53 Å². The number of ether oxygens (including phenoxy) is 1. The summed E-state index contributed by atoms with van der Waals surface area (Å²) in [6.45, 7) is 9.73. The molecule has 84 valence electrons. The van der Waals surface area contributed by atoms with Gasteiger partial charge in [0.25, 0.3) is 0 Å². The maximum Gasteiger partial charge on any atom is 0.410 e. The second-order valence-electron chi connectivity index (χ2n) is 5.06. The molecular formula is C10H22N2O2. The summed E-state index contributed by atoms with van der Waals surface area (Å²) in [4.78, 5) is 13.1. The van der Waals surface area contributed by atoms with Gasteiger partial charge in [0.2, 0.25) is 0 Å². The molecule has 0 saturated carbocycles. The summed E-state index contributed by atoms with van der Waals surface area (Å²) in [5.41, 5.74) is 4.72. The summed E-state index contributed by atoms with van der Waals surface area (Å²) in [5, 5.41) is 0. The Morgan fingerprint density at radius 2 is 1.71 bits per heavy atom. The van der Waals surface area contributed by atoms with Gasteiger partial charge in [-0.15, -0.1) is 0 Å². The molecule has 0 aromatic heterocycles. The fourth-order valence-electron chi connectivity index (χ4n) is 0.714. The van der Waals surface area contributed by atoms with Crippen LogP contribution in [0.2, 0.25) is 0 Å². The van der Waals surface area contributed by atoms with E-state index in [4.69, 9.17) is 10.5 Å². The number of rotatable bonds is 2. The largest absolute Gasteiger partial charge is 0.444 e. The van der Waals surface area contributed by atoms with Crippen LogP contribution in [-0.2, 0) is 4.74 Å². The summed E-state index contributed by atoms with van der Waals surface area (Å²) in [7, 11) is 1.70. The Hall–Kier alpha value is -0.770. The SMILES string of the molecule is CN(C(=O)OC(C)(C)C)C(C)(C)CN. The molecule has 14 heavy (non-hydrogen) atoms. The number of carbonyl (C=O) groups excluding carboxylic acids is 1. The quantitative estimate of drug-likeness (QED) is 0.739. The predicted molar refractivity (Wildman–Crippen MR) is 57.1 cm³/mol. The number of hydrogen-bond donors (Lipinski definition) is 1. The first-order valence-electron chi connectivity index (χ1n) is 4.77. The van der Waals surface area contributed by atoms with Gasteiger partial charge in [0.05, 0.1) is 5.54 Å². The van der Waals surface area contributed by atoms with Crippen molar-refractivity contribution in [2.75, 3.05) is 13.6 Å². The van der Waals surface area contributed by atoms with Crippen LogP contribution in [0.1, 0.15) is 34.6 Å². The van der Waals surface area contributed by atoms with Gasteiger partial charge in [0.15, 0.2) is 0 Å². The first-order chi connectivity index (χ1) is 6.10. The standard InChI is InChI=1S/C10H22N2O2/c1-9(2,3)14-8(13)12(6)10(4,5)7-11/h7,11H2,1-6H3. The van der Waals surface area contributed by atoms with E-state index in [1.165, 1.54) is 4.90 Å². The molecule has 0 aromatic carbocycles. The Bertz CT molecular complexity index is 207. The lowest BCUT2D eigenvalue weighted by Crippen LogP contribution is -2.51. The highest BCUT2D eigenvalue weighted by atomic mass is 16.6. The molecule has 2 N–H and O–H groups in total. The van der Waals surface area contributed by atoms with Crippen molar-refractivity contribution in [2.45, 2.75) is 45.8 Å². The highest BCUT2D eigenvalue weighted by Gasteiger charge is 2.29. The van der Waals surface area contributed by atoms with Crippen LogP contribution in [0.25, 0.3) is 0 Å².